The molecule has 0 N–H and O–H groups in total. The van der Waals surface area contributed by atoms with E-state index in [0.717, 1.165) is 0 Å². The Balaban J connectivity index is 0. The first kappa shape index (κ1) is 15.2. The van der Waals surface area contributed by atoms with Gasteiger partial charge in [-0.25, -0.2) is 0 Å². The van der Waals surface area contributed by atoms with E-state index in [4.69, 9.17) is 0 Å². The van der Waals surface area contributed by atoms with Gasteiger partial charge in [0.1, 0.15) is 0 Å². The van der Waals surface area contributed by atoms with Crippen molar-refractivity contribution in [3.05, 3.63) is 11.1 Å². The molecule has 13 heavy (non-hydrogen) atoms. The second-order valence-corrected chi connectivity index (χ2v) is 2.94. The van der Waals surface area contributed by atoms with Gasteiger partial charge in [-0.15, -0.1) is 0 Å². The molecule has 0 unspecified atom stereocenters. The van der Waals surface area contributed by atoms with Gasteiger partial charge in [-0.1, -0.05) is 45.8 Å². The summed E-state index contributed by atoms with van der Waals surface area (Å²) in [5, 5.41) is 0. The van der Waals surface area contributed by atoms with E-state index >= 15 is 0 Å². The van der Waals surface area contributed by atoms with Crippen molar-refractivity contribution in [1.29, 1.82) is 0 Å². The maximum atomic E-state index is 2.29. The lowest BCUT2D eigenvalue weighted by molar-refractivity contribution is 0.656. The Hall–Kier alpha value is -0.260. The monoisotopic (exact) mass is 184 g/mol. The van der Waals surface area contributed by atoms with Crippen LogP contribution in [0.1, 0.15) is 73.6 Å². The minimum absolute atomic E-state index is 1.28. The van der Waals surface area contributed by atoms with E-state index in [1.807, 2.05) is 27.7 Å². The highest BCUT2D eigenvalue weighted by molar-refractivity contribution is 5.13. The molecule has 0 saturated carbocycles. The molecule has 0 amide bonds. The van der Waals surface area contributed by atoms with Crippen molar-refractivity contribution in [3.63, 3.8) is 0 Å². The van der Waals surface area contributed by atoms with Crippen molar-refractivity contribution >= 4 is 0 Å². The third-order valence-corrected chi connectivity index (χ3v) is 2.31. The second kappa shape index (κ2) is 11.7. The van der Waals surface area contributed by atoms with E-state index < -0.39 is 0 Å². The standard InChI is InChI=1S/C9H16.2C2H6/c1-3-9-7-5-4-6-8(9)2;2*1-2/h3-7H2,1-2H3;2*1-2H3. The van der Waals surface area contributed by atoms with E-state index in [2.05, 4.69) is 13.8 Å². The molecule has 80 valence electrons. The molecular weight excluding hydrogens is 156 g/mol. The zero-order valence-electron chi connectivity index (χ0n) is 10.5. The molecule has 0 saturated heterocycles. The average Bonchev–Trinajstić information content (AvgIpc) is 2.24. The molecule has 1 aliphatic rings. The lowest BCUT2D eigenvalue weighted by Crippen LogP contribution is -1.95. The number of allylic oxidation sites excluding steroid dienone is 2. The third-order valence-electron chi connectivity index (χ3n) is 2.31. The molecule has 0 aromatic rings. The van der Waals surface area contributed by atoms with E-state index in [0.29, 0.717) is 0 Å². The first-order valence-corrected chi connectivity index (χ1v) is 6.02. The highest BCUT2D eigenvalue weighted by Crippen LogP contribution is 2.25. The fourth-order valence-corrected chi connectivity index (χ4v) is 1.60. The Kier molecular flexibility index (Phi) is 13.7. The van der Waals surface area contributed by atoms with E-state index in [9.17, 15) is 0 Å². The second-order valence-electron chi connectivity index (χ2n) is 2.94. The van der Waals surface area contributed by atoms with Crippen LogP contribution in [0.15, 0.2) is 11.1 Å². The lowest BCUT2D eigenvalue weighted by atomic mass is 9.91. The van der Waals surface area contributed by atoms with Gasteiger partial charge in [0.25, 0.3) is 0 Å². The van der Waals surface area contributed by atoms with Gasteiger partial charge in [-0.3, -0.25) is 0 Å². The number of hydrogen-bond acceptors (Lipinski definition) is 0. The zero-order chi connectivity index (χ0) is 10.7. The topological polar surface area (TPSA) is 0 Å². The third kappa shape index (κ3) is 6.86. The van der Waals surface area contributed by atoms with Crippen LogP contribution in [0.25, 0.3) is 0 Å². The minimum atomic E-state index is 1.28. The van der Waals surface area contributed by atoms with E-state index in [-0.39, 0.29) is 0 Å². The zero-order valence-corrected chi connectivity index (χ0v) is 10.5. The molecule has 0 aliphatic heterocycles. The Labute approximate surface area is 85.4 Å². The summed E-state index contributed by atoms with van der Waals surface area (Å²) >= 11 is 0. The van der Waals surface area contributed by atoms with Crippen molar-refractivity contribution < 1.29 is 0 Å². The molecule has 0 atom stereocenters. The molecule has 0 nitrogen and oxygen atoms in total. The molecule has 1 rings (SSSR count). The van der Waals surface area contributed by atoms with Crippen LogP contribution >= 0.6 is 0 Å². The summed E-state index contributed by atoms with van der Waals surface area (Å²) in [6.07, 6.45) is 6.88. The van der Waals surface area contributed by atoms with Crippen LogP contribution in [0.5, 0.6) is 0 Å². The Morgan fingerprint density at radius 3 is 1.69 bits per heavy atom. The Morgan fingerprint density at radius 2 is 1.38 bits per heavy atom. The molecule has 0 radical (unpaired) electrons. The van der Waals surface area contributed by atoms with Crippen molar-refractivity contribution in [2.75, 3.05) is 0 Å². The highest BCUT2D eigenvalue weighted by atomic mass is 14.1. The summed E-state index contributed by atoms with van der Waals surface area (Å²) in [5.74, 6) is 0. The van der Waals surface area contributed by atoms with Gasteiger partial charge < -0.3 is 0 Å². The predicted molar refractivity (Wildman–Crippen MR) is 64.2 cm³/mol. The van der Waals surface area contributed by atoms with Crippen LogP contribution in [0.4, 0.5) is 0 Å². The predicted octanol–water partition coefficient (Wildman–Crippen LogP) is 5.34. The molecule has 0 spiro atoms. The van der Waals surface area contributed by atoms with Crippen LogP contribution in [-0.2, 0) is 0 Å². The molecule has 1 aliphatic carbocycles. The molecule has 0 fully saturated rings. The molecule has 0 heteroatoms. The summed E-state index contributed by atoms with van der Waals surface area (Å²) in [7, 11) is 0. The number of rotatable bonds is 1. The SMILES string of the molecule is CC.CC.CCC1=C(C)CCCC1. The first-order chi connectivity index (χ1) is 6.34. The van der Waals surface area contributed by atoms with E-state index in [1.54, 1.807) is 11.1 Å². The average molecular weight is 184 g/mol. The lowest BCUT2D eigenvalue weighted by Gasteiger charge is -2.15. The van der Waals surface area contributed by atoms with Crippen molar-refractivity contribution in [2.24, 2.45) is 0 Å². The van der Waals surface area contributed by atoms with Gasteiger partial charge in [0.2, 0.25) is 0 Å². The van der Waals surface area contributed by atoms with Gasteiger partial charge in [-0.05, 0) is 39.0 Å². The van der Waals surface area contributed by atoms with Gasteiger partial charge in [-0.2, -0.15) is 0 Å². The molecular formula is C13H28. The maximum Gasteiger partial charge on any atom is -0.0318 e. The summed E-state index contributed by atoms with van der Waals surface area (Å²) in [6, 6.07) is 0. The van der Waals surface area contributed by atoms with Gasteiger partial charge >= 0.3 is 0 Å². The van der Waals surface area contributed by atoms with Crippen molar-refractivity contribution in [1.82, 2.24) is 0 Å². The van der Waals surface area contributed by atoms with Crippen LogP contribution in [0.2, 0.25) is 0 Å². The van der Waals surface area contributed by atoms with Gasteiger partial charge in [0.15, 0.2) is 0 Å². The molecule has 0 aromatic carbocycles. The summed E-state index contributed by atoms with van der Waals surface area (Å²) in [6.45, 7) is 12.6. The summed E-state index contributed by atoms with van der Waals surface area (Å²) < 4.78 is 0. The van der Waals surface area contributed by atoms with Crippen LogP contribution < -0.4 is 0 Å². The maximum absolute atomic E-state index is 2.29. The molecule has 0 bridgehead atoms. The smallest absolute Gasteiger partial charge is 0.0318 e. The van der Waals surface area contributed by atoms with Crippen molar-refractivity contribution in [3.8, 4) is 0 Å². The quantitative estimate of drug-likeness (QED) is 0.483. The fourth-order valence-electron chi connectivity index (χ4n) is 1.60. The largest absolute Gasteiger partial charge is 0.0741 e. The Bertz CT molecular complexity index is 120. The Morgan fingerprint density at radius 1 is 0.923 bits per heavy atom. The highest BCUT2D eigenvalue weighted by Gasteiger charge is 2.05. The van der Waals surface area contributed by atoms with Crippen LogP contribution in [0, 0.1) is 0 Å². The number of hydrogen-bond donors (Lipinski definition) is 0. The van der Waals surface area contributed by atoms with E-state index in [1.165, 1.54) is 32.1 Å². The van der Waals surface area contributed by atoms with Crippen LogP contribution in [0.3, 0.4) is 0 Å². The molecule has 0 aromatic heterocycles. The minimum Gasteiger partial charge on any atom is -0.0741 e. The normalized spacial score (nSPS) is 15.2. The first-order valence-electron chi connectivity index (χ1n) is 6.02. The molecule has 0 heterocycles. The fraction of sp³-hybridized carbons (Fsp3) is 0.846. The van der Waals surface area contributed by atoms with Crippen molar-refractivity contribution in [2.45, 2.75) is 73.6 Å². The van der Waals surface area contributed by atoms with Gasteiger partial charge in [0.05, 0.1) is 0 Å². The summed E-state index contributed by atoms with van der Waals surface area (Å²) in [4.78, 5) is 0. The van der Waals surface area contributed by atoms with Crippen LogP contribution in [-0.4, -0.2) is 0 Å². The summed E-state index contributed by atoms with van der Waals surface area (Å²) in [5.41, 5.74) is 3.39. The van der Waals surface area contributed by atoms with Gasteiger partial charge in [0, 0.05) is 0 Å².